The van der Waals surface area contributed by atoms with Crippen LogP contribution in [0.1, 0.15) is 67.6 Å². The summed E-state index contributed by atoms with van der Waals surface area (Å²) in [7, 11) is 3.09. The van der Waals surface area contributed by atoms with Crippen LogP contribution in [0.25, 0.3) is 21.9 Å². The van der Waals surface area contributed by atoms with Gasteiger partial charge in [-0.2, -0.15) is 0 Å². The molecular weight excluding hydrogens is 600 g/mol. The monoisotopic (exact) mass is 624 g/mol. The van der Waals surface area contributed by atoms with E-state index in [1.165, 1.54) is 0 Å². The number of hydrogen-bond donors (Lipinski definition) is 0. The first-order valence-corrected chi connectivity index (χ1v) is 14.8. The van der Waals surface area contributed by atoms with Crippen molar-refractivity contribution in [1.82, 2.24) is 0 Å². The van der Waals surface area contributed by atoms with Gasteiger partial charge in [0.1, 0.15) is 45.3 Å². The van der Waals surface area contributed by atoms with Crippen LogP contribution in [0.3, 0.4) is 0 Å². The second-order valence-corrected chi connectivity index (χ2v) is 11.7. The van der Waals surface area contributed by atoms with Gasteiger partial charge in [0.05, 0.1) is 60.5 Å². The third-order valence-electron chi connectivity index (χ3n) is 9.43. The summed E-state index contributed by atoms with van der Waals surface area (Å²) >= 11 is 0. The number of carbonyl (C=O) groups excluding carboxylic acids is 2. The first-order chi connectivity index (χ1) is 22.4. The van der Waals surface area contributed by atoms with E-state index in [1.54, 1.807) is 38.9 Å². The Labute approximate surface area is 258 Å². The van der Waals surface area contributed by atoms with Crippen molar-refractivity contribution in [3.63, 3.8) is 0 Å². The highest BCUT2D eigenvalue weighted by molar-refractivity contribution is 6.07. The van der Waals surface area contributed by atoms with Crippen molar-refractivity contribution in [3.05, 3.63) is 91.0 Å². The van der Waals surface area contributed by atoms with Gasteiger partial charge in [-0.3, -0.25) is 9.59 Å². The average molecular weight is 625 g/mol. The molecule has 12 heteroatoms. The standard InChI is InChI=1S/2C17H12O6/c2*1-20-10-6-11-14(8-4-5-21-17(8)22-11)15-13(10)7-2-3-9(18)12(7)16(19)23-15/h2*4-6,8,17H,2-3H2,1H3. The fraction of sp³-hybridized carbons (Fsp3) is 0.294. The second kappa shape index (κ2) is 9.49. The lowest BCUT2D eigenvalue weighted by Crippen LogP contribution is -2.14. The Balaban J connectivity index is 0.000000127. The molecule has 4 unspecified atom stereocenters. The predicted octanol–water partition coefficient (Wildman–Crippen LogP) is 4.55. The number of rotatable bonds is 2. The van der Waals surface area contributed by atoms with Crippen LogP contribution in [-0.4, -0.2) is 38.4 Å². The molecule has 4 atom stereocenters. The third-order valence-corrected chi connectivity index (χ3v) is 9.43. The topological polar surface area (TPSA) is 150 Å². The molecule has 0 N–H and O–H groups in total. The van der Waals surface area contributed by atoms with Gasteiger partial charge in [0.2, 0.25) is 0 Å². The van der Waals surface area contributed by atoms with Crippen LogP contribution in [0.4, 0.5) is 0 Å². The van der Waals surface area contributed by atoms with Gasteiger partial charge in [0.25, 0.3) is 12.6 Å². The molecule has 0 amide bonds. The molecule has 4 aliphatic heterocycles. The Bertz CT molecular complexity index is 2090. The van der Waals surface area contributed by atoms with Crippen LogP contribution in [-0.2, 0) is 22.3 Å². The quantitative estimate of drug-likeness (QED) is 0.288. The summed E-state index contributed by atoms with van der Waals surface area (Å²) < 4.78 is 44.4. The molecule has 2 aliphatic carbocycles. The summed E-state index contributed by atoms with van der Waals surface area (Å²) in [6, 6.07) is 3.55. The van der Waals surface area contributed by atoms with Gasteiger partial charge in [-0.15, -0.1) is 0 Å². The molecule has 4 aromatic rings. The number of hydrogen-bond acceptors (Lipinski definition) is 12. The van der Waals surface area contributed by atoms with Crippen LogP contribution in [0.15, 0.2) is 55.2 Å². The minimum Gasteiger partial charge on any atom is -0.496 e. The van der Waals surface area contributed by atoms with E-state index < -0.39 is 23.8 Å². The van der Waals surface area contributed by atoms with Gasteiger partial charge in [0, 0.05) is 25.0 Å². The first-order valence-electron chi connectivity index (χ1n) is 14.8. The van der Waals surface area contributed by atoms with E-state index in [-0.39, 0.29) is 34.5 Å². The minimum atomic E-state index is -0.586. The van der Waals surface area contributed by atoms with Crippen LogP contribution < -0.4 is 30.2 Å². The number of carbonyl (C=O) groups is 2. The lowest BCUT2D eigenvalue weighted by molar-refractivity contribution is -0.00513. The highest BCUT2D eigenvalue weighted by Crippen LogP contribution is 2.51. The number of ketones is 2. The molecule has 2 aromatic carbocycles. The Kier molecular flexibility index (Phi) is 5.54. The highest BCUT2D eigenvalue weighted by Gasteiger charge is 2.43. The Morgan fingerprint density at radius 1 is 0.630 bits per heavy atom. The van der Waals surface area contributed by atoms with Gasteiger partial charge in [-0.05, 0) is 36.1 Å². The zero-order chi connectivity index (χ0) is 31.4. The number of ether oxygens (including phenoxy) is 6. The zero-order valence-corrected chi connectivity index (χ0v) is 24.5. The van der Waals surface area contributed by atoms with E-state index in [0.29, 0.717) is 81.7 Å². The van der Waals surface area contributed by atoms with Gasteiger partial charge in [-0.25, -0.2) is 9.59 Å². The third kappa shape index (κ3) is 3.49. The summed E-state index contributed by atoms with van der Waals surface area (Å²) in [5.74, 6) is 1.65. The van der Waals surface area contributed by atoms with Crippen LogP contribution in [0.5, 0.6) is 23.0 Å². The SMILES string of the molecule is COc1cc2c(c3oc(=O)c4c(c13)CCC4=O)C1C=COC1O2.COc1cc2c(c3oc(=O)c4c(c13)CCC4=O)C1C=COC1O2. The van der Waals surface area contributed by atoms with E-state index in [9.17, 15) is 19.2 Å². The van der Waals surface area contributed by atoms with E-state index in [2.05, 4.69) is 0 Å². The largest absolute Gasteiger partial charge is 0.496 e. The van der Waals surface area contributed by atoms with Crippen molar-refractivity contribution in [1.29, 1.82) is 0 Å². The predicted molar refractivity (Wildman–Crippen MR) is 158 cm³/mol. The van der Waals surface area contributed by atoms with Gasteiger partial charge < -0.3 is 37.3 Å². The van der Waals surface area contributed by atoms with Crippen molar-refractivity contribution in [2.24, 2.45) is 0 Å². The maximum atomic E-state index is 12.3. The summed E-state index contributed by atoms with van der Waals surface area (Å²) in [5, 5.41) is 1.38. The number of benzene rings is 2. The first kappa shape index (κ1) is 26.8. The summed E-state index contributed by atoms with van der Waals surface area (Å²) in [5.41, 5.74) is 2.99. The maximum absolute atomic E-state index is 12.3. The smallest absolute Gasteiger partial charge is 0.347 e. The summed E-state index contributed by atoms with van der Waals surface area (Å²) in [6.07, 6.45) is 7.73. The van der Waals surface area contributed by atoms with E-state index in [4.69, 9.17) is 37.3 Å². The van der Waals surface area contributed by atoms with E-state index in [1.807, 2.05) is 12.2 Å². The van der Waals surface area contributed by atoms with Gasteiger partial charge >= 0.3 is 11.3 Å². The molecule has 0 fully saturated rings. The summed E-state index contributed by atoms with van der Waals surface area (Å²) in [6.45, 7) is 0. The lowest BCUT2D eigenvalue weighted by Gasteiger charge is -2.12. The molecule has 12 nitrogen and oxygen atoms in total. The van der Waals surface area contributed by atoms with Crippen molar-refractivity contribution in [2.75, 3.05) is 14.2 Å². The number of aryl methyl sites for hydroxylation is 2. The molecule has 232 valence electrons. The molecule has 0 saturated carbocycles. The minimum absolute atomic E-state index is 0.128. The molecule has 0 spiro atoms. The lowest BCUT2D eigenvalue weighted by atomic mass is 9.95. The second-order valence-electron chi connectivity index (χ2n) is 11.7. The van der Waals surface area contributed by atoms with E-state index >= 15 is 0 Å². The Morgan fingerprint density at radius 3 is 1.48 bits per heavy atom. The number of methoxy groups -OCH3 is 2. The molecule has 6 aliphatic rings. The molecule has 0 saturated heterocycles. The fourth-order valence-electron chi connectivity index (χ4n) is 7.44. The van der Waals surface area contributed by atoms with Crippen molar-refractivity contribution in [3.8, 4) is 23.0 Å². The molecule has 6 heterocycles. The Morgan fingerprint density at radius 2 is 1.07 bits per heavy atom. The molecule has 0 radical (unpaired) electrons. The maximum Gasteiger partial charge on any atom is 0.347 e. The van der Waals surface area contributed by atoms with Crippen molar-refractivity contribution < 1.29 is 46.8 Å². The highest BCUT2D eigenvalue weighted by atomic mass is 16.7. The van der Waals surface area contributed by atoms with Crippen molar-refractivity contribution in [2.45, 2.75) is 50.1 Å². The number of fused-ring (bicyclic) bond motifs is 14. The summed E-state index contributed by atoms with van der Waals surface area (Å²) in [4.78, 5) is 48.6. The molecular formula is C34H24O12. The number of Topliss-reactive ketones (excluding diaryl/α,β-unsaturated/α-hetero) is 2. The fourth-order valence-corrected chi connectivity index (χ4v) is 7.44. The molecule has 2 aromatic heterocycles. The van der Waals surface area contributed by atoms with E-state index in [0.717, 1.165) is 11.1 Å². The average Bonchev–Trinajstić information content (AvgIpc) is 3.87. The molecule has 46 heavy (non-hydrogen) atoms. The molecule has 10 rings (SSSR count). The van der Waals surface area contributed by atoms with Crippen LogP contribution in [0.2, 0.25) is 0 Å². The van der Waals surface area contributed by atoms with Gasteiger partial charge in [-0.1, -0.05) is 0 Å². The van der Waals surface area contributed by atoms with Crippen molar-refractivity contribution >= 4 is 33.5 Å². The van der Waals surface area contributed by atoms with Crippen LogP contribution in [0, 0.1) is 0 Å². The van der Waals surface area contributed by atoms with Crippen LogP contribution >= 0.6 is 0 Å². The zero-order valence-electron chi connectivity index (χ0n) is 24.5. The van der Waals surface area contributed by atoms with Gasteiger partial charge in [0.15, 0.2) is 11.6 Å². The molecule has 0 bridgehead atoms. The Hall–Kier alpha value is -5.52. The normalized spacial score (nSPS) is 23.4.